The van der Waals surface area contributed by atoms with Gasteiger partial charge in [0, 0.05) is 0 Å². The van der Waals surface area contributed by atoms with E-state index in [0.29, 0.717) is 21.4 Å². The maximum absolute atomic E-state index is 12.7. The number of carbonyl (C=O) groups excluding carboxylic acids is 1. The monoisotopic (exact) mass is 393 g/mol. The van der Waals surface area contributed by atoms with Crippen LogP contribution < -0.4 is 0 Å². The number of hydrogen-bond donors (Lipinski definition) is 1. The molecule has 0 spiro atoms. The van der Waals surface area contributed by atoms with Crippen LogP contribution in [0.4, 0.5) is 0 Å². The van der Waals surface area contributed by atoms with Gasteiger partial charge in [-0.1, -0.05) is 60.4 Å². The van der Waals surface area contributed by atoms with Gasteiger partial charge < -0.3 is 5.11 Å². The van der Waals surface area contributed by atoms with Crippen LogP contribution in [0.15, 0.2) is 46.9 Å². The first-order valence-electron chi connectivity index (χ1n) is 7.66. The summed E-state index contributed by atoms with van der Waals surface area (Å²) in [7, 11) is 0. The summed E-state index contributed by atoms with van der Waals surface area (Å²) in [6.45, 7) is 1.90. The Morgan fingerprint density at radius 3 is 2.68 bits per heavy atom. The van der Waals surface area contributed by atoms with Crippen molar-refractivity contribution in [2.75, 3.05) is 12.0 Å². The molecule has 25 heavy (non-hydrogen) atoms. The molecule has 0 bridgehead atoms. The lowest BCUT2D eigenvalue weighted by atomic mass is 10.1. The number of thioether (sulfide) groups is 2. The molecule has 1 N–H and O–H groups in total. The summed E-state index contributed by atoms with van der Waals surface area (Å²) in [5, 5.41) is 9.46. The molecule has 7 heteroatoms. The first-order valence-corrected chi connectivity index (χ1v) is 10.3. The summed E-state index contributed by atoms with van der Waals surface area (Å²) < 4.78 is 0.303. The van der Waals surface area contributed by atoms with E-state index in [4.69, 9.17) is 12.2 Å². The van der Waals surface area contributed by atoms with Gasteiger partial charge in [0.05, 0.1) is 4.91 Å². The second-order valence-electron chi connectivity index (χ2n) is 5.49. The predicted octanol–water partition coefficient (Wildman–Crippen LogP) is 4.04. The number of rotatable bonds is 7. The van der Waals surface area contributed by atoms with Crippen LogP contribution in [-0.2, 0) is 9.59 Å². The molecule has 1 saturated heterocycles. The summed E-state index contributed by atoms with van der Waals surface area (Å²) >= 11 is 7.96. The van der Waals surface area contributed by atoms with Crippen molar-refractivity contribution in [3.05, 3.63) is 52.4 Å². The maximum Gasteiger partial charge on any atom is 0.326 e. The number of amides is 1. The van der Waals surface area contributed by atoms with E-state index in [9.17, 15) is 14.7 Å². The van der Waals surface area contributed by atoms with Gasteiger partial charge in [-0.25, -0.2) is 4.79 Å². The number of carbonyl (C=O) groups is 2. The van der Waals surface area contributed by atoms with Crippen LogP contribution in [0.1, 0.15) is 18.9 Å². The van der Waals surface area contributed by atoms with Gasteiger partial charge in [0.15, 0.2) is 0 Å². The lowest BCUT2D eigenvalue weighted by molar-refractivity contribution is -0.145. The van der Waals surface area contributed by atoms with Crippen molar-refractivity contribution in [3.63, 3.8) is 0 Å². The van der Waals surface area contributed by atoms with Crippen molar-refractivity contribution in [2.24, 2.45) is 0 Å². The quantitative estimate of drug-likeness (QED) is 0.557. The molecule has 1 aliphatic heterocycles. The van der Waals surface area contributed by atoms with E-state index in [0.717, 1.165) is 22.9 Å². The Bertz CT molecular complexity index is 728. The SMILES string of the molecule is CSCC[C@H](C(=O)O)N1C(=O)/C(=C\C(C)=C/c2ccccc2)SC1=S. The number of carboxylic acids is 1. The minimum absolute atomic E-state index is 0.303. The molecule has 132 valence electrons. The lowest BCUT2D eigenvalue weighted by Gasteiger charge is -2.22. The number of aliphatic carboxylic acids is 1. The summed E-state index contributed by atoms with van der Waals surface area (Å²) in [4.78, 5) is 25.9. The Morgan fingerprint density at radius 2 is 2.08 bits per heavy atom. The van der Waals surface area contributed by atoms with E-state index < -0.39 is 12.0 Å². The highest BCUT2D eigenvalue weighted by Crippen LogP contribution is 2.34. The minimum atomic E-state index is -1.02. The molecule has 0 aromatic heterocycles. The fraction of sp³-hybridized carbons (Fsp3) is 0.278. The van der Waals surface area contributed by atoms with Crippen molar-refractivity contribution in [3.8, 4) is 0 Å². The fourth-order valence-electron chi connectivity index (χ4n) is 2.40. The molecule has 1 heterocycles. The molecule has 2 rings (SSSR count). The third-order valence-electron chi connectivity index (χ3n) is 3.57. The van der Waals surface area contributed by atoms with Gasteiger partial charge in [-0.2, -0.15) is 11.8 Å². The standard InChI is InChI=1S/C18H19NO3S3/c1-12(10-13-6-4-3-5-7-13)11-15-16(20)19(18(23)25-15)14(17(21)22)8-9-24-2/h3-7,10-11,14H,8-9H2,1-2H3,(H,21,22)/b12-10-,15-11+/t14-/m1/s1. The number of hydrogen-bond acceptors (Lipinski definition) is 5. The van der Waals surface area contributed by atoms with E-state index in [1.807, 2.05) is 49.6 Å². The normalized spacial score (nSPS) is 18.1. The molecule has 0 saturated carbocycles. The van der Waals surface area contributed by atoms with Crippen LogP contribution in [0.3, 0.4) is 0 Å². The van der Waals surface area contributed by atoms with E-state index in [1.165, 1.54) is 4.90 Å². The molecular formula is C18H19NO3S3. The zero-order valence-electron chi connectivity index (χ0n) is 14.0. The fourth-order valence-corrected chi connectivity index (χ4v) is 4.27. The molecule has 0 radical (unpaired) electrons. The highest BCUT2D eigenvalue weighted by molar-refractivity contribution is 8.26. The van der Waals surface area contributed by atoms with Crippen LogP contribution in [0, 0.1) is 0 Å². The Morgan fingerprint density at radius 1 is 1.40 bits per heavy atom. The van der Waals surface area contributed by atoms with Crippen LogP contribution in [0.2, 0.25) is 0 Å². The van der Waals surface area contributed by atoms with Gasteiger partial charge >= 0.3 is 5.97 Å². The number of nitrogens with zero attached hydrogens (tertiary/aromatic N) is 1. The van der Waals surface area contributed by atoms with E-state index in [1.54, 1.807) is 17.8 Å². The summed E-state index contributed by atoms with van der Waals surface area (Å²) in [6.07, 6.45) is 6.00. The summed E-state index contributed by atoms with van der Waals surface area (Å²) in [5.74, 6) is -0.701. The van der Waals surface area contributed by atoms with Crippen LogP contribution in [0.5, 0.6) is 0 Å². The number of thiocarbonyl (C=S) groups is 1. The molecule has 0 unspecified atom stereocenters. The number of carboxylic acid groups (broad SMARTS) is 1. The Labute approximate surface area is 161 Å². The average Bonchev–Trinajstić information content (AvgIpc) is 2.83. The summed E-state index contributed by atoms with van der Waals surface area (Å²) in [5.41, 5.74) is 1.94. The van der Waals surface area contributed by atoms with Crippen LogP contribution >= 0.6 is 35.7 Å². The Balaban J connectivity index is 2.22. The van der Waals surface area contributed by atoms with Crippen molar-refractivity contribution in [1.82, 2.24) is 4.90 Å². The Hall–Kier alpha value is -1.57. The average molecular weight is 394 g/mol. The van der Waals surface area contributed by atoms with E-state index in [-0.39, 0.29) is 5.91 Å². The molecular weight excluding hydrogens is 374 g/mol. The van der Waals surface area contributed by atoms with E-state index in [2.05, 4.69) is 0 Å². The predicted molar refractivity (Wildman–Crippen MR) is 110 cm³/mol. The van der Waals surface area contributed by atoms with Gasteiger partial charge in [0.2, 0.25) is 0 Å². The molecule has 1 aromatic rings. The third-order valence-corrected chi connectivity index (χ3v) is 5.54. The smallest absolute Gasteiger partial charge is 0.326 e. The van der Waals surface area contributed by atoms with Gasteiger partial charge in [0.25, 0.3) is 5.91 Å². The Kier molecular flexibility index (Phi) is 7.28. The first kappa shape index (κ1) is 19.8. The molecule has 1 aromatic carbocycles. The second kappa shape index (κ2) is 9.22. The lowest BCUT2D eigenvalue weighted by Crippen LogP contribution is -2.44. The number of benzene rings is 1. The molecule has 0 aliphatic carbocycles. The van der Waals surface area contributed by atoms with Gasteiger partial charge in [-0.15, -0.1) is 0 Å². The molecule has 1 amide bonds. The van der Waals surface area contributed by atoms with E-state index >= 15 is 0 Å². The zero-order valence-corrected chi connectivity index (χ0v) is 16.4. The highest BCUT2D eigenvalue weighted by Gasteiger charge is 2.40. The van der Waals surface area contributed by atoms with Crippen LogP contribution in [-0.4, -0.2) is 44.3 Å². The number of allylic oxidation sites excluding steroid dienone is 2. The third kappa shape index (κ3) is 5.20. The topological polar surface area (TPSA) is 57.6 Å². The van der Waals surface area contributed by atoms with Crippen LogP contribution in [0.25, 0.3) is 6.08 Å². The molecule has 1 aliphatic rings. The highest BCUT2D eigenvalue weighted by atomic mass is 32.2. The maximum atomic E-state index is 12.7. The summed E-state index contributed by atoms with van der Waals surface area (Å²) in [6, 6.07) is 8.88. The van der Waals surface area contributed by atoms with Crippen molar-refractivity contribution < 1.29 is 14.7 Å². The van der Waals surface area contributed by atoms with Crippen molar-refractivity contribution >= 4 is 58.0 Å². The van der Waals surface area contributed by atoms with Gasteiger partial charge in [-0.05, 0) is 42.6 Å². The van der Waals surface area contributed by atoms with Crippen molar-refractivity contribution in [1.29, 1.82) is 0 Å². The second-order valence-corrected chi connectivity index (χ2v) is 8.15. The molecule has 4 nitrogen and oxygen atoms in total. The zero-order chi connectivity index (χ0) is 18.4. The molecule has 1 fully saturated rings. The first-order chi connectivity index (χ1) is 11.9. The van der Waals surface area contributed by atoms with Gasteiger partial charge in [-0.3, -0.25) is 9.69 Å². The van der Waals surface area contributed by atoms with Gasteiger partial charge in [0.1, 0.15) is 10.4 Å². The van der Waals surface area contributed by atoms with Crippen molar-refractivity contribution in [2.45, 2.75) is 19.4 Å². The molecule has 1 atom stereocenters. The minimum Gasteiger partial charge on any atom is -0.480 e. The largest absolute Gasteiger partial charge is 0.480 e.